The van der Waals surface area contributed by atoms with E-state index in [1.807, 2.05) is 12.3 Å². The highest BCUT2D eigenvalue weighted by Crippen LogP contribution is 2.40. The van der Waals surface area contributed by atoms with Gasteiger partial charge in [-0.1, -0.05) is 0 Å². The maximum absolute atomic E-state index is 6.06. The highest BCUT2D eigenvalue weighted by Gasteiger charge is 2.23. The van der Waals surface area contributed by atoms with Gasteiger partial charge in [0.2, 0.25) is 0 Å². The third kappa shape index (κ3) is 2.94. The number of aromatic nitrogens is 2. The number of nitrogens with two attached hydrogens (primary N) is 1. The van der Waals surface area contributed by atoms with Gasteiger partial charge in [0, 0.05) is 19.0 Å². The maximum atomic E-state index is 6.06. The van der Waals surface area contributed by atoms with E-state index < -0.39 is 0 Å². The number of thiazole rings is 1. The Balaban J connectivity index is 2.41. The first-order chi connectivity index (χ1) is 9.58. The molecule has 0 aromatic carbocycles. The lowest BCUT2D eigenvalue weighted by Gasteiger charge is -2.28. The molecule has 7 heteroatoms. The highest BCUT2D eigenvalue weighted by molar-refractivity contribution is 7.11. The van der Waals surface area contributed by atoms with Crippen LogP contribution in [0.2, 0.25) is 0 Å². The second-order valence-electron chi connectivity index (χ2n) is 4.59. The van der Waals surface area contributed by atoms with Gasteiger partial charge in [0.15, 0.2) is 0 Å². The van der Waals surface area contributed by atoms with E-state index in [1.165, 1.54) is 11.5 Å². The van der Waals surface area contributed by atoms with Gasteiger partial charge in [-0.2, -0.15) is 4.37 Å². The van der Waals surface area contributed by atoms with Crippen molar-refractivity contribution in [2.24, 2.45) is 0 Å². The summed E-state index contributed by atoms with van der Waals surface area (Å²) in [5, 5.41) is 4.14. The first-order valence-electron chi connectivity index (χ1n) is 6.51. The van der Waals surface area contributed by atoms with Crippen LogP contribution in [0.1, 0.15) is 18.9 Å². The molecule has 110 valence electrons. The molecule has 0 spiro atoms. The summed E-state index contributed by atoms with van der Waals surface area (Å²) >= 11 is 3.05. The van der Waals surface area contributed by atoms with Crippen LogP contribution in [0.15, 0.2) is 5.38 Å². The molecule has 0 aliphatic heterocycles. The number of ether oxygens (including phenoxy) is 1. The number of nitrogens with zero attached hydrogens (tertiary/aromatic N) is 3. The minimum Gasteiger partial charge on any atom is -0.383 e. The molecule has 0 radical (unpaired) electrons. The molecule has 2 rings (SSSR count). The van der Waals surface area contributed by atoms with E-state index in [0.717, 1.165) is 27.8 Å². The second kappa shape index (κ2) is 6.51. The molecule has 20 heavy (non-hydrogen) atoms. The van der Waals surface area contributed by atoms with Crippen molar-refractivity contribution in [3.8, 4) is 11.3 Å². The number of methoxy groups -OCH3 is 1. The fourth-order valence-electron chi connectivity index (χ4n) is 2.19. The third-order valence-corrected chi connectivity index (χ3v) is 4.79. The molecule has 2 heterocycles. The van der Waals surface area contributed by atoms with Crippen LogP contribution < -0.4 is 10.6 Å². The van der Waals surface area contributed by atoms with E-state index in [0.29, 0.717) is 12.4 Å². The lowest BCUT2D eigenvalue weighted by atomic mass is 10.2. The summed E-state index contributed by atoms with van der Waals surface area (Å²) in [6.07, 6.45) is 0. The molecule has 0 bridgehead atoms. The van der Waals surface area contributed by atoms with Gasteiger partial charge in [-0.3, -0.25) is 0 Å². The van der Waals surface area contributed by atoms with Crippen LogP contribution in [0.25, 0.3) is 11.3 Å². The summed E-state index contributed by atoms with van der Waals surface area (Å²) in [7, 11) is 1.72. The Kier molecular flexibility index (Phi) is 4.95. The van der Waals surface area contributed by atoms with E-state index in [1.54, 1.807) is 18.4 Å². The molecule has 1 atom stereocenters. The topological polar surface area (TPSA) is 64.3 Å². The van der Waals surface area contributed by atoms with Gasteiger partial charge in [0.25, 0.3) is 0 Å². The van der Waals surface area contributed by atoms with Crippen molar-refractivity contribution in [3.63, 3.8) is 0 Å². The number of hydrogen-bond donors (Lipinski definition) is 1. The van der Waals surface area contributed by atoms with Gasteiger partial charge in [-0.05, 0) is 32.3 Å². The standard InChI is InChI=1S/C13H20N4OS2/c1-5-17(8(2)6-18-4)13-11(12(14)16-20-13)10-7-19-9(3)15-10/h7-8H,5-6H2,1-4H3,(H2,14,16). The predicted octanol–water partition coefficient (Wildman–Crippen LogP) is 3.02. The van der Waals surface area contributed by atoms with Gasteiger partial charge in [-0.15, -0.1) is 11.3 Å². The lowest BCUT2D eigenvalue weighted by Crippen LogP contribution is -2.35. The van der Waals surface area contributed by atoms with Gasteiger partial charge in [-0.25, -0.2) is 4.98 Å². The molecule has 0 amide bonds. The largest absolute Gasteiger partial charge is 0.383 e. The van der Waals surface area contributed by atoms with E-state index >= 15 is 0 Å². The average Bonchev–Trinajstić information content (AvgIpc) is 2.97. The molecule has 2 aromatic heterocycles. The number of hydrogen-bond acceptors (Lipinski definition) is 7. The molecule has 0 fully saturated rings. The fourth-order valence-corrected chi connectivity index (χ4v) is 3.79. The smallest absolute Gasteiger partial charge is 0.148 e. The fraction of sp³-hybridized carbons (Fsp3) is 0.538. The number of nitrogen functional groups attached to an aromatic ring is 1. The first-order valence-corrected chi connectivity index (χ1v) is 8.17. The van der Waals surface area contributed by atoms with Crippen molar-refractivity contribution in [2.75, 3.05) is 30.9 Å². The van der Waals surface area contributed by atoms with Gasteiger partial charge >= 0.3 is 0 Å². The van der Waals surface area contributed by atoms with Crippen LogP contribution in [0.4, 0.5) is 10.8 Å². The lowest BCUT2D eigenvalue weighted by molar-refractivity contribution is 0.182. The Morgan fingerprint density at radius 3 is 2.80 bits per heavy atom. The zero-order valence-electron chi connectivity index (χ0n) is 12.2. The van der Waals surface area contributed by atoms with Crippen molar-refractivity contribution >= 4 is 33.7 Å². The average molecular weight is 312 g/mol. The van der Waals surface area contributed by atoms with Crippen molar-refractivity contribution in [3.05, 3.63) is 10.4 Å². The number of anilines is 2. The summed E-state index contributed by atoms with van der Waals surface area (Å²) in [5.41, 5.74) is 7.92. The molecular weight excluding hydrogens is 292 g/mol. The molecule has 2 aromatic rings. The number of aryl methyl sites for hydroxylation is 1. The number of rotatable bonds is 6. The van der Waals surface area contributed by atoms with Crippen molar-refractivity contribution in [2.45, 2.75) is 26.8 Å². The van der Waals surface area contributed by atoms with Gasteiger partial charge in [0.1, 0.15) is 10.8 Å². The van der Waals surface area contributed by atoms with E-state index in [2.05, 4.69) is 28.1 Å². The van der Waals surface area contributed by atoms with Crippen LogP contribution in [-0.4, -0.2) is 35.7 Å². The minimum absolute atomic E-state index is 0.267. The quantitative estimate of drug-likeness (QED) is 0.888. The summed E-state index contributed by atoms with van der Waals surface area (Å²) in [5.74, 6) is 0.554. The zero-order chi connectivity index (χ0) is 14.7. The molecule has 0 aliphatic carbocycles. The Labute approximate surface area is 127 Å². The Morgan fingerprint density at radius 1 is 1.50 bits per heavy atom. The van der Waals surface area contributed by atoms with Crippen LogP contribution in [0.5, 0.6) is 0 Å². The highest BCUT2D eigenvalue weighted by atomic mass is 32.1. The Bertz CT molecular complexity index is 566. The summed E-state index contributed by atoms with van der Waals surface area (Å²) in [6.45, 7) is 7.80. The molecule has 5 nitrogen and oxygen atoms in total. The summed E-state index contributed by atoms with van der Waals surface area (Å²) < 4.78 is 9.58. The summed E-state index contributed by atoms with van der Waals surface area (Å²) in [4.78, 5) is 6.81. The van der Waals surface area contributed by atoms with Crippen LogP contribution in [-0.2, 0) is 4.74 Å². The van der Waals surface area contributed by atoms with Crippen molar-refractivity contribution in [1.29, 1.82) is 0 Å². The predicted molar refractivity (Wildman–Crippen MR) is 86.7 cm³/mol. The Hall–Kier alpha value is -1.18. The number of likely N-dealkylation sites (N-methyl/N-ethyl adjacent to an activating group) is 1. The van der Waals surface area contributed by atoms with Crippen molar-refractivity contribution < 1.29 is 4.74 Å². The molecule has 0 aliphatic rings. The SMILES string of the molecule is CCN(c1snc(N)c1-c1csc(C)n1)C(C)COC. The third-order valence-electron chi connectivity index (χ3n) is 3.12. The minimum atomic E-state index is 0.267. The zero-order valence-corrected chi connectivity index (χ0v) is 13.8. The van der Waals surface area contributed by atoms with Gasteiger partial charge in [0.05, 0.1) is 28.9 Å². The van der Waals surface area contributed by atoms with Crippen LogP contribution in [0, 0.1) is 6.92 Å². The van der Waals surface area contributed by atoms with E-state index in [9.17, 15) is 0 Å². The van der Waals surface area contributed by atoms with E-state index in [4.69, 9.17) is 10.5 Å². The first kappa shape index (κ1) is 15.2. The monoisotopic (exact) mass is 312 g/mol. The molecular formula is C13H20N4OS2. The Morgan fingerprint density at radius 2 is 2.25 bits per heavy atom. The molecule has 2 N–H and O–H groups in total. The molecule has 1 unspecified atom stereocenters. The van der Waals surface area contributed by atoms with E-state index in [-0.39, 0.29) is 6.04 Å². The van der Waals surface area contributed by atoms with Crippen LogP contribution >= 0.6 is 22.9 Å². The molecule has 0 saturated carbocycles. The normalized spacial score (nSPS) is 12.6. The van der Waals surface area contributed by atoms with Crippen molar-refractivity contribution in [1.82, 2.24) is 9.36 Å². The summed E-state index contributed by atoms with van der Waals surface area (Å²) in [6, 6.07) is 0.267. The van der Waals surface area contributed by atoms with Crippen LogP contribution in [0.3, 0.4) is 0 Å². The van der Waals surface area contributed by atoms with Gasteiger partial charge < -0.3 is 15.4 Å². The maximum Gasteiger partial charge on any atom is 0.148 e. The second-order valence-corrected chi connectivity index (χ2v) is 6.40. The molecule has 0 saturated heterocycles.